The summed E-state index contributed by atoms with van der Waals surface area (Å²) in [7, 11) is -18.6. The summed E-state index contributed by atoms with van der Waals surface area (Å²) >= 11 is 6.65. The van der Waals surface area contributed by atoms with Crippen LogP contribution in [0, 0.1) is 6.92 Å². The van der Waals surface area contributed by atoms with Crippen LogP contribution in [0.1, 0.15) is 5.56 Å². The Morgan fingerprint density at radius 2 is 1.48 bits per heavy atom. The van der Waals surface area contributed by atoms with Gasteiger partial charge in [0.2, 0.25) is 0 Å². The third kappa shape index (κ3) is 6.90. The average molecular weight is 900 g/mol. The van der Waals surface area contributed by atoms with Gasteiger partial charge in [0.05, 0.1) is 26.0 Å². The molecule has 0 saturated carbocycles. The number of benzene rings is 4. The number of halogens is 2. The molecule has 264 valence electrons. The molecule has 25 heteroatoms. The molecule has 0 saturated heterocycles. The number of anilines is 4. The topological polar surface area (TPSA) is 326 Å². The van der Waals surface area contributed by atoms with Gasteiger partial charge in [-0.1, -0.05) is 6.07 Å². The van der Waals surface area contributed by atoms with Crippen molar-refractivity contribution in [1.82, 2.24) is 4.98 Å². The third-order valence-electron chi connectivity index (χ3n) is 6.73. The van der Waals surface area contributed by atoms with E-state index in [-0.39, 0.29) is 60.0 Å². The zero-order valence-corrected chi connectivity index (χ0v) is 30.7. The molecule has 0 unspecified atom stereocenters. The largest absolute Gasteiger partial charge is 0.450 e. The summed E-state index contributed by atoms with van der Waals surface area (Å²) < 4.78 is 143. The van der Waals surface area contributed by atoms with Crippen LogP contribution in [0.15, 0.2) is 69.4 Å². The van der Waals surface area contributed by atoms with Crippen molar-refractivity contribution in [3.63, 3.8) is 0 Å². The van der Waals surface area contributed by atoms with E-state index in [4.69, 9.17) is 33.2 Å². The summed E-state index contributed by atoms with van der Waals surface area (Å²) in [6.45, 7) is 1.58. The average Bonchev–Trinajstić information content (AvgIpc) is 2.97. The number of hydrogen-bond acceptors (Lipinski definition) is 16. The molecule has 0 fully saturated rings. The quantitative estimate of drug-likeness (QED) is 0.0833. The van der Waals surface area contributed by atoms with E-state index in [0.29, 0.717) is 5.56 Å². The normalized spacial score (nSPS) is 13.1. The molecule has 50 heavy (non-hydrogen) atoms. The van der Waals surface area contributed by atoms with Crippen LogP contribution >= 0.6 is 31.9 Å². The Labute approximate surface area is 298 Å². The first-order chi connectivity index (χ1) is 23.0. The van der Waals surface area contributed by atoms with Gasteiger partial charge in [-0.05, 0) is 74.7 Å². The maximum atomic E-state index is 12.9. The highest BCUT2D eigenvalue weighted by atomic mass is 79.9. The smallest absolute Gasteiger partial charge is 0.425 e. The monoisotopic (exact) mass is 897 g/mol. The van der Waals surface area contributed by atoms with E-state index >= 15 is 0 Å². The molecule has 0 amide bonds. The Morgan fingerprint density at radius 1 is 0.860 bits per heavy atom. The highest BCUT2D eigenvalue weighted by molar-refractivity contribution is 9.11. The van der Waals surface area contributed by atoms with Crippen LogP contribution in [0.3, 0.4) is 0 Å². The minimum atomic E-state index is -5.35. The fourth-order valence-electron chi connectivity index (χ4n) is 4.72. The van der Waals surface area contributed by atoms with Gasteiger partial charge < -0.3 is 25.9 Å². The van der Waals surface area contributed by atoms with Crippen molar-refractivity contribution in [3.05, 3.63) is 56.3 Å². The van der Waals surface area contributed by atoms with Crippen LogP contribution in [0.25, 0.3) is 22.6 Å². The first-order valence-corrected chi connectivity index (χ1v) is 19.7. The molecule has 1 aliphatic carbocycles. The summed E-state index contributed by atoms with van der Waals surface area (Å²) in [4.78, 5) is 5.61. The van der Waals surface area contributed by atoms with Crippen molar-refractivity contribution in [3.8, 4) is 23.0 Å². The van der Waals surface area contributed by atoms with Crippen LogP contribution in [-0.4, -0.2) is 56.5 Å². The molecule has 0 spiro atoms. The third-order valence-corrected chi connectivity index (χ3v) is 10.9. The second kappa shape index (κ2) is 12.8. The van der Waals surface area contributed by atoms with Crippen molar-refractivity contribution in [2.75, 3.05) is 16.8 Å². The fraction of sp³-hybridized carbons (Fsp3) is 0.0400. The van der Waals surface area contributed by atoms with Crippen LogP contribution in [0.2, 0.25) is 0 Å². The Balaban J connectivity index is 0.00000115. The number of nitrogen functional groups attached to an aromatic ring is 2. The van der Waals surface area contributed by atoms with Gasteiger partial charge in [0.1, 0.15) is 27.2 Å². The van der Waals surface area contributed by atoms with Crippen molar-refractivity contribution in [2.45, 2.75) is 21.6 Å². The lowest BCUT2D eigenvalue weighted by Gasteiger charge is -2.26. The Bertz CT molecular complexity index is 2800. The number of nitrogens with zero attached hydrogens (tertiary/aromatic N) is 2. The molecule has 3 aliphatic rings. The van der Waals surface area contributed by atoms with Crippen molar-refractivity contribution in [1.29, 1.82) is 0 Å². The summed E-state index contributed by atoms with van der Waals surface area (Å²) in [6.07, 6.45) is 0. The number of nitrogens with one attached hydrogen (secondary N) is 1. The van der Waals surface area contributed by atoms with Crippen LogP contribution in [0.5, 0.6) is 11.5 Å². The van der Waals surface area contributed by atoms with Gasteiger partial charge in [0, 0.05) is 5.69 Å². The van der Waals surface area contributed by atoms with E-state index in [0.717, 1.165) is 6.07 Å². The molecule has 19 nitrogen and oxygen atoms in total. The van der Waals surface area contributed by atoms with E-state index < -0.39 is 72.5 Å². The Morgan fingerprint density at radius 3 is 2.06 bits per heavy atom. The zero-order chi connectivity index (χ0) is 37.2. The highest BCUT2D eigenvalue weighted by Crippen LogP contribution is 2.55. The minimum Gasteiger partial charge on any atom is -0.450 e. The van der Waals surface area contributed by atoms with Gasteiger partial charge in [-0.3, -0.25) is 13.7 Å². The molecule has 3 aromatic carbocycles. The lowest BCUT2D eigenvalue weighted by molar-refractivity contribution is 0.447. The molecular weight excluding hydrogens is 882 g/mol. The summed E-state index contributed by atoms with van der Waals surface area (Å²) in [5, 5.41) is 2.05. The summed E-state index contributed by atoms with van der Waals surface area (Å²) in [5.74, 6) is -1.10. The molecule has 0 atom stereocenters. The van der Waals surface area contributed by atoms with Gasteiger partial charge in [0.15, 0.2) is 32.6 Å². The van der Waals surface area contributed by atoms with Gasteiger partial charge in [0.25, 0.3) is 20.2 Å². The zero-order valence-electron chi connectivity index (χ0n) is 24.2. The van der Waals surface area contributed by atoms with Crippen LogP contribution < -0.4 is 26.9 Å². The summed E-state index contributed by atoms with van der Waals surface area (Å²) in [6, 6.07) is 7.76. The fourth-order valence-corrected chi connectivity index (χ4v) is 8.07. The minimum absolute atomic E-state index is 0.0147. The predicted molar refractivity (Wildman–Crippen MR) is 180 cm³/mol. The van der Waals surface area contributed by atoms with Gasteiger partial charge in [-0.15, -0.1) is 12.6 Å². The van der Waals surface area contributed by atoms with Gasteiger partial charge >= 0.3 is 20.7 Å². The molecule has 0 aromatic heterocycles. The first-order valence-electron chi connectivity index (χ1n) is 12.8. The number of nitrogens with two attached hydrogens (primary N) is 2. The molecule has 2 aliphatic heterocycles. The second-order valence-electron chi connectivity index (χ2n) is 10.00. The van der Waals surface area contributed by atoms with E-state index in [1.165, 1.54) is 30.3 Å². The number of rotatable bonds is 4. The molecule has 2 heterocycles. The molecule has 3 aromatic rings. The van der Waals surface area contributed by atoms with Crippen molar-refractivity contribution in [2.24, 2.45) is 4.99 Å². The number of hydrogen-bond donors (Lipinski definition) is 6. The standard InChI is InChI=1S/C25H17Br2N5O11S3.O3S/c1-8-2-3-9(28)6-12(8)31-17-14(44(33,34)35)7-13-21(25(17)46(39,40)41)43-23-15(26)18-22(16(27)19(23)32-13)42-20-11(30-18)5-4-10(29)24(20)45(36,37)38;1-4(2)3/h2-7,30H,28-29H2,1H3,(H,33,34,35)(H,36,37,38)(H,39,40,41);. The first kappa shape index (κ1) is 37.1. The number of ether oxygens (including phenoxy) is 1. The van der Waals surface area contributed by atoms with Crippen LogP contribution in [-0.2, 0) is 41.0 Å². The lowest BCUT2D eigenvalue weighted by Crippen LogP contribution is -2.24. The van der Waals surface area contributed by atoms with Crippen molar-refractivity contribution < 1.29 is 60.7 Å². The number of fused-ring (bicyclic) bond motifs is 4. The van der Waals surface area contributed by atoms with Gasteiger partial charge in [-0.2, -0.15) is 25.3 Å². The van der Waals surface area contributed by atoms with Crippen molar-refractivity contribution >= 4 is 112 Å². The maximum Gasteiger partial charge on any atom is 0.425 e. The predicted octanol–water partition coefficient (Wildman–Crippen LogP) is 3.75. The highest BCUT2D eigenvalue weighted by Gasteiger charge is 2.35. The number of aromatic nitrogens is 1. The molecule has 0 radical (unpaired) electrons. The Kier molecular flexibility index (Phi) is 9.52. The van der Waals surface area contributed by atoms with Crippen LogP contribution in [0.4, 0.5) is 28.4 Å². The maximum absolute atomic E-state index is 12.9. The van der Waals surface area contributed by atoms with Gasteiger partial charge in [-0.25, -0.2) is 9.98 Å². The SMILES string of the molecule is Cc1ccc(N)cc1N=c1c(S(=O)(=O)O)cc2nc3c(Br)c4c(c(Br)c3oc-2c1S(=O)(=O)O)Nc1ccc(N)c(S(=O)(=O)O)c1O4.O=S(=O)=O. The molecule has 6 rings (SSSR count). The van der Waals surface area contributed by atoms with E-state index in [1.54, 1.807) is 6.92 Å². The second-order valence-corrected chi connectivity index (χ2v) is 16.1. The Hall–Kier alpha value is -4.21. The number of aryl methyl sites for hydroxylation is 1. The summed E-state index contributed by atoms with van der Waals surface area (Å²) in [5.41, 5.74) is 11.4. The lowest BCUT2D eigenvalue weighted by atomic mass is 10.1. The molecule has 8 N–H and O–H groups in total. The van der Waals surface area contributed by atoms with E-state index in [9.17, 15) is 38.9 Å². The molecular formula is C25H17Br2N5O14S4. The van der Waals surface area contributed by atoms with E-state index in [2.05, 4.69) is 47.2 Å². The van der Waals surface area contributed by atoms with E-state index in [1.807, 2.05) is 0 Å². The molecule has 0 bridgehead atoms.